The van der Waals surface area contributed by atoms with Crippen molar-refractivity contribution in [1.82, 2.24) is 0 Å². The molecular formula is C12H6BrClO. The van der Waals surface area contributed by atoms with Crippen LogP contribution in [0.25, 0.3) is 21.9 Å². The highest BCUT2D eigenvalue weighted by atomic mass is 79.9. The zero-order valence-electron chi connectivity index (χ0n) is 13.2. The van der Waals surface area contributed by atoms with Crippen molar-refractivity contribution in [3.8, 4) is 0 Å². The van der Waals surface area contributed by atoms with Crippen molar-refractivity contribution < 1.29 is 12.6 Å². The molecule has 0 atom stereocenters. The van der Waals surface area contributed by atoms with Gasteiger partial charge in [-0.25, -0.2) is 0 Å². The van der Waals surface area contributed by atoms with Crippen LogP contribution in [-0.4, -0.2) is 0 Å². The van der Waals surface area contributed by atoms with Gasteiger partial charge in [0.1, 0.15) is 11.2 Å². The highest BCUT2D eigenvalue weighted by molar-refractivity contribution is 9.10. The van der Waals surface area contributed by atoms with E-state index in [4.69, 9.17) is 24.2 Å². The van der Waals surface area contributed by atoms with E-state index in [1.165, 1.54) is 0 Å². The average Bonchev–Trinajstić information content (AvgIpc) is 2.87. The largest absolute Gasteiger partial charge is 0.456 e. The number of hydrogen-bond acceptors (Lipinski definition) is 1. The molecule has 3 heteroatoms. The topological polar surface area (TPSA) is 13.1 Å². The molecule has 0 fully saturated rings. The van der Waals surface area contributed by atoms with E-state index in [0.29, 0.717) is 0 Å². The molecule has 0 bridgehead atoms. The van der Waals surface area contributed by atoms with Gasteiger partial charge in [0, 0.05) is 26.3 Å². The van der Waals surface area contributed by atoms with E-state index in [1.807, 2.05) is 0 Å². The molecule has 3 aromatic rings. The first-order chi connectivity index (χ1) is 9.77. The Bertz CT molecular complexity index is 861. The average molecular weight is 288 g/mol. The highest BCUT2D eigenvalue weighted by Crippen LogP contribution is 2.31. The standard InChI is InChI=1S/C12H6BrClO/c13-7-1-3-9-10-4-2-8(14)6-12(10)15-11(9)5-7/h1-6H/i1D,2D,3D,4D,5D,6D. The van der Waals surface area contributed by atoms with Crippen molar-refractivity contribution >= 4 is 49.5 Å². The first kappa shape index (κ1) is 4.89. The lowest BCUT2D eigenvalue weighted by molar-refractivity contribution is 0.668. The lowest BCUT2D eigenvalue weighted by Gasteiger charge is -1.90. The van der Waals surface area contributed by atoms with Gasteiger partial charge in [0.2, 0.25) is 0 Å². The van der Waals surface area contributed by atoms with Crippen molar-refractivity contribution in [1.29, 1.82) is 0 Å². The van der Waals surface area contributed by atoms with Gasteiger partial charge < -0.3 is 4.42 Å². The van der Waals surface area contributed by atoms with E-state index in [0.717, 1.165) is 0 Å². The zero-order valence-corrected chi connectivity index (χ0v) is 9.51. The molecule has 0 amide bonds. The second kappa shape index (κ2) is 3.26. The molecule has 0 aliphatic carbocycles. The molecule has 0 saturated heterocycles. The number of benzene rings is 2. The Balaban J connectivity index is 2.73. The molecule has 0 aliphatic rings. The van der Waals surface area contributed by atoms with Crippen LogP contribution in [0.15, 0.2) is 45.1 Å². The fourth-order valence-corrected chi connectivity index (χ4v) is 1.75. The second-order valence-corrected chi connectivity index (χ2v) is 4.06. The lowest BCUT2D eigenvalue weighted by Crippen LogP contribution is -1.66. The summed E-state index contributed by atoms with van der Waals surface area (Å²) in [6, 6.07) is -1.44. The molecule has 0 N–H and O–H groups in total. The molecule has 0 unspecified atom stereocenters. The minimum Gasteiger partial charge on any atom is -0.456 e. The van der Waals surface area contributed by atoms with E-state index in [2.05, 4.69) is 15.9 Å². The van der Waals surface area contributed by atoms with Crippen LogP contribution in [-0.2, 0) is 0 Å². The van der Waals surface area contributed by atoms with Crippen molar-refractivity contribution in [3.63, 3.8) is 0 Å². The fourth-order valence-electron chi connectivity index (χ4n) is 1.34. The smallest absolute Gasteiger partial charge is 0.136 e. The zero-order chi connectivity index (χ0) is 15.6. The predicted octanol–water partition coefficient (Wildman–Crippen LogP) is 5.00. The summed E-state index contributed by atoms with van der Waals surface area (Å²) < 4.78 is 53.0. The normalized spacial score (nSPS) is 16.9. The quantitative estimate of drug-likeness (QED) is 0.567. The van der Waals surface area contributed by atoms with E-state index in [1.54, 1.807) is 0 Å². The summed E-state index contributed by atoms with van der Waals surface area (Å²) in [7, 11) is 0. The summed E-state index contributed by atoms with van der Waals surface area (Å²) in [6.07, 6.45) is 0. The van der Waals surface area contributed by atoms with Crippen LogP contribution in [0.3, 0.4) is 0 Å². The molecule has 2 aromatic carbocycles. The van der Waals surface area contributed by atoms with Crippen LogP contribution in [0.2, 0.25) is 5.02 Å². The monoisotopic (exact) mass is 286 g/mol. The Morgan fingerprint density at radius 2 is 1.73 bits per heavy atom. The minimum absolute atomic E-state index is 0.00143. The predicted molar refractivity (Wildman–Crippen MR) is 66.4 cm³/mol. The molecule has 3 rings (SSSR count). The number of rotatable bonds is 0. The van der Waals surface area contributed by atoms with Crippen LogP contribution < -0.4 is 0 Å². The number of hydrogen-bond donors (Lipinski definition) is 0. The van der Waals surface area contributed by atoms with Gasteiger partial charge in [0.15, 0.2) is 0 Å². The van der Waals surface area contributed by atoms with Crippen LogP contribution >= 0.6 is 27.5 Å². The number of halogens is 2. The first-order valence-corrected chi connectivity index (χ1v) is 5.21. The van der Waals surface area contributed by atoms with E-state index < -0.39 is 0 Å². The van der Waals surface area contributed by atoms with Crippen LogP contribution in [0.4, 0.5) is 0 Å². The van der Waals surface area contributed by atoms with Gasteiger partial charge in [-0.15, -0.1) is 0 Å². The maximum absolute atomic E-state index is 8.02. The van der Waals surface area contributed by atoms with Gasteiger partial charge in [0.05, 0.1) is 8.22 Å². The molecule has 0 aliphatic heterocycles. The van der Waals surface area contributed by atoms with Gasteiger partial charge >= 0.3 is 0 Å². The maximum Gasteiger partial charge on any atom is 0.136 e. The molecule has 0 spiro atoms. The first-order valence-electron chi connectivity index (χ1n) is 7.04. The maximum atomic E-state index is 8.02. The summed E-state index contributed by atoms with van der Waals surface area (Å²) in [4.78, 5) is 0. The number of furan rings is 1. The molecule has 0 radical (unpaired) electrons. The van der Waals surface area contributed by atoms with Gasteiger partial charge in [-0.2, -0.15) is 0 Å². The van der Waals surface area contributed by atoms with Gasteiger partial charge in [-0.1, -0.05) is 27.5 Å². The SMILES string of the molecule is [2H]c1c(Cl)c([2H])c2oc3c([2H])c(Br)c([2H])c([2H])c3c2c1[2H]. The molecule has 1 heterocycles. The Kier molecular flexibility index (Phi) is 1.06. The van der Waals surface area contributed by atoms with Gasteiger partial charge in [-0.3, -0.25) is 0 Å². The van der Waals surface area contributed by atoms with Crippen molar-refractivity contribution in [3.05, 3.63) is 45.7 Å². The van der Waals surface area contributed by atoms with Crippen molar-refractivity contribution in [2.24, 2.45) is 0 Å². The van der Waals surface area contributed by atoms with E-state index >= 15 is 0 Å². The Morgan fingerprint density at radius 1 is 1.07 bits per heavy atom. The summed E-state index contributed by atoms with van der Waals surface area (Å²) in [6.45, 7) is 0. The third-order valence-electron chi connectivity index (χ3n) is 1.95. The minimum atomic E-state index is -0.336. The third-order valence-corrected chi connectivity index (χ3v) is 2.53. The van der Waals surface area contributed by atoms with Crippen LogP contribution in [0.5, 0.6) is 0 Å². The molecule has 1 aromatic heterocycles. The molecule has 15 heavy (non-hydrogen) atoms. The van der Waals surface area contributed by atoms with Crippen molar-refractivity contribution in [2.45, 2.75) is 0 Å². The Morgan fingerprint density at radius 3 is 2.53 bits per heavy atom. The Hall–Kier alpha value is -0.990. The summed E-state index contributed by atoms with van der Waals surface area (Å²) in [5, 5.41) is -0.0504. The van der Waals surface area contributed by atoms with E-state index in [-0.39, 0.29) is 67.7 Å². The fraction of sp³-hybridized carbons (Fsp3) is 0. The summed E-state index contributed by atoms with van der Waals surface area (Å²) in [5.74, 6) is 0. The van der Waals surface area contributed by atoms with Gasteiger partial charge in [0.25, 0.3) is 0 Å². The summed E-state index contributed by atoms with van der Waals surface area (Å²) in [5.41, 5.74) is -0.0444. The number of fused-ring (bicyclic) bond motifs is 3. The highest BCUT2D eigenvalue weighted by Gasteiger charge is 2.06. The summed E-state index contributed by atoms with van der Waals surface area (Å²) >= 11 is 8.90. The van der Waals surface area contributed by atoms with E-state index in [9.17, 15) is 0 Å². The van der Waals surface area contributed by atoms with Crippen molar-refractivity contribution in [2.75, 3.05) is 0 Å². The lowest BCUT2D eigenvalue weighted by atomic mass is 10.2. The third kappa shape index (κ3) is 1.45. The van der Waals surface area contributed by atoms with Crippen LogP contribution in [0.1, 0.15) is 8.22 Å². The molecule has 74 valence electrons. The molecule has 0 saturated carbocycles. The molecule has 1 nitrogen and oxygen atoms in total. The molecular weight excluding hydrogens is 275 g/mol. The van der Waals surface area contributed by atoms with Crippen LogP contribution in [0, 0.1) is 0 Å². The second-order valence-electron chi connectivity index (χ2n) is 2.89. The Labute approximate surface area is 108 Å². The van der Waals surface area contributed by atoms with Gasteiger partial charge in [-0.05, 0) is 30.2 Å².